The Bertz CT molecular complexity index is 1110. The van der Waals surface area contributed by atoms with Crippen LogP contribution in [-0.4, -0.2) is 15.0 Å². The third kappa shape index (κ3) is 7.90. The molecule has 6 aromatic heterocycles. The molecule has 0 atom stereocenters. The van der Waals surface area contributed by atoms with Crippen LogP contribution in [0.15, 0.2) is 108 Å². The minimum atomic E-state index is 0. The summed E-state index contributed by atoms with van der Waals surface area (Å²) in [4.78, 5) is 16.0. The van der Waals surface area contributed by atoms with E-state index in [0.717, 1.165) is 17.1 Å². The zero-order valence-electron chi connectivity index (χ0n) is 17.8. The second kappa shape index (κ2) is 14.5. The van der Waals surface area contributed by atoms with Crippen LogP contribution in [0.5, 0.6) is 0 Å². The summed E-state index contributed by atoms with van der Waals surface area (Å²) >= 11 is 5.05. The quantitative estimate of drug-likeness (QED) is 0.180. The monoisotopic (exact) mass is 673 g/mol. The van der Waals surface area contributed by atoms with E-state index in [1.165, 1.54) is 14.6 Å². The maximum absolute atomic E-state index is 4.18. The molecule has 3 nitrogen and oxygen atoms in total. The van der Waals surface area contributed by atoms with E-state index in [-0.39, 0.29) is 20.1 Å². The number of thiophene rings is 3. The maximum Gasteiger partial charge on any atom is 3.00 e. The van der Waals surface area contributed by atoms with Gasteiger partial charge in [0.15, 0.2) is 0 Å². The average molecular weight is 673 g/mol. The Hall–Kier alpha value is -2.80. The van der Waals surface area contributed by atoms with Crippen molar-refractivity contribution in [3.05, 3.63) is 126 Å². The SMILES string of the molecule is [Ir+3].[c-]1cccnc1-c1cccs1.[c-]1cccnc1-c1cccs1.[c-]1cccnc1-c1cccs1. The van der Waals surface area contributed by atoms with Crippen molar-refractivity contribution in [1.82, 2.24) is 15.0 Å². The fraction of sp³-hybridized carbons (Fsp3) is 0. The molecule has 6 heterocycles. The maximum atomic E-state index is 4.18. The number of hydrogen-bond acceptors (Lipinski definition) is 6. The van der Waals surface area contributed by atoms with Crippen molar-refractivity contribution in [3.8, 4) is 31.7 Å². The molecule has 168 valence electrons. The summed E-state index contributed by atoms with van der Waals surface area (Å²) in [5.74, 6) is 0. The van der Waals surface area contributed by atoms with Crippen LogP contribution in [0.1, 0.15) is 0 Å². The van der Waals surface area contributed by atoms with Gasteiger partial charge in [-0.2, -0.15) is 36.4 Å². The molecule has 0 aromatic carbocycles. The summed E-state index contributed by atoms with van der Waals surface area (Å²) in [6.07, 6.45) is 5.35. The van der Waals surface area contributed by atoms with E-state index in [0.29, 0.717) is 0 Å². The first-order chi connectivity index (χ1) is 16.4. The third-order valence-electron chi connectivity index (χ3n) is 4.08. The van der Waals surface area contributed by atoms with Gasteiger partial charge in [-0.1, -0.05) is 36.4 Å². The van der Waals surface area contributed by atoms with Gasteiger partial charge in [0.25, 0.3) is 0 Å². The van der Waals surface area contributed by atoms with Crippen LogP contribution < -0.4 is 0 Å². The summed E-state index contributed by atoms with van der Waals surface area (Å²) in [5.41, 5.74) is 2.80. The zero-order chi connectivity index (χ0) is 22.6. The Morgan fingerprint density at radius 3 is 1.00 bits per heavy atom. The van der Waals surface area contributed by atoms with Crippen LogP contribution in [0.3, 0.4) is 0 Å². The summed E-state index contributed by atoms with van der Waals surface area (Å²) < 4.78 is 0. The molecule has 34 heavy (non-hydrogen) atoms. The second-order valence-electron chi connectivity index (χ2n) is 6.32. The van der Waals surface area contributed by atoms with Gasteiger partial charge in [-0.25, -0.2) is 34.0 Å². The molecule has 0 saturated heterocycles. The van der Waals surface area contributed by atoms with E-state index in [4.69, 9.17) is 0 Å². The fourth-order valence-corrected chi connectivity index (χ4v) is 4.67. The van der Waals surface area contributed by atoms with Gasteiger partial charge in [-0.3, -0.25) is 15.0 Å². The molecular weight excluding hydrogens is 655 g/mol. The molecule has 0 aliphatic carbocycles. The van der Waals surface area contributed by atoms with E-state index in [2.05, 4.69) is 33.2 Å². The van der Waals surface area contributed by atoms with Gasteiger partial charge in [-0.15, -0.1) is 18.2 Å². The molecule has 0 fully saturated rings. The minimum absolute atomic E-state index is 0. The van der Waals surface area contributed by atoms with Crippen LogP contribution in [0.4, 0.5) is 0 Å². The summed E-state index contributed by atoms with van der Waals surface area (Å²) in [5, 5.41) is 6.12. The van der Waals surface area contributed by atoms with Gasteiger partial charge >= 0.3 is 20.1 Å². The Balaban J connectivity index is 0.000000141. The van der Waals surface area contributed by atoms with Gasteiger partial charge in [0, 0.05) is 0 Å². The predicted molar refractivity (Wildman–Crippen MR) is 139 cm³/mol. The molecule has 0 aliphatic heterocycles. The van der Waals surface area contributed by atoms with Crippen LogP contribution in [-0.2, 0) is 20.1 Å². The van der Waals surface area contributed by atoms with E-state index in [1.54, 1.807) is 52.6 Å². The largest absolute Gasteiger partial charge is 3.00 e. The Labute approximate surface area is 225 Å². The predicted octanol–water partition coefficient (Wildman–Crippen LogP) is 7.83. The van der Waals surface area contributed by atoms with Gasteiger partial charge < -0.3 is 0 Å². The molecule has 0 saturated carbocycles. The van der Waals surface area contributed by atoms with E-state index in [9.17, 15) is 0 Å². The molecule has 6 aromatic rings. The smallest absolute Gasteiger partial charge is 0.295 e. The molecule has 0 bridgehead atoms. The molecule has 0 unspecified atom stereocenters. The number of rotatable bonds is 3. The first kappa shape index (κ1) is 25.8. The van der Waals surface area contributed by atoms with E-state index in [1.807, 2.05) is 88.9 Å². The minimum Gasteiger partial charge on any atom is -0.295 e. The third-order valence-corrected chi connectivity index (χ3v) is 6.71. The molecule has 0 aliphatic rings. The molecule has 7 heteroatoms. The summed E-state index contributed by atoms with van der Waals surface area (Å²) in [7, 11) is 0. The normalized spacial score (nSPS) is 9.53. The number of aromatic nitrogens is 3. The van der Waals surface area contributed by atoms with Crippen molar-refractivity contribution in [3.63, 3.8) is 0 Å². The van der Waals surface area contributed by atoms with E-state index < -0.39 is 0 Å². The molecule has 0 N–H and O–H groups in total. The first-order valence-electron chi connectivity index (χ1n) is 10.00. The van der Waals surface area contributed by atoms with Gasteiger partial charge in [-0.05, 0) is 66.4 Å². The molecule has 6 rings (SSSR count). The Morgan fingerprint density at radius 1 is 0.471 bits per heavy atom. The Kier molecular flexibility index (Phi) is 11.0. The molecule has 0 spiro atoms. The van der Waals surface area contributed by atoms with E-state index >= 15 is 0 Å². The van der Waals surface area contributed by atoms with Crippen molar-refractivity contribution in [2.75, 3.05) is 0 Å². The summed E-state index contributed by atoms with van der Waals surface area (Å²) in [6, 6.07) is 32.6. The topological polar surface area (TPSA) is 38.7 Å². The van der Waals surface area contributed by atoms with Crippen molar-refractivity contribution >= 4 is 34.0 Å². The number of hydrogen-bond donors (Lipinski definition) is 0. The number of pyridine rings is 3. The first-order valence-corrected chi connectivity index (χ1v) is 12.6. The van der Waals surface area contributed by atoms with Crippen molar-refractivity contribution in [2.24, 2.45) is 0 Å². The van der Waals surface area contributed by atoms with Crippen LogP contribution in [0.2, 0.25) is 0 Å². The van der Waals surface area contributed by atoms with Gasteiger partial charge in [0.05, 0.1) is 0 Å². The standard InChI is InChI=1S/3C9H6NS.Ir/c3*1-2-6-10-8(4-1)9-5-3-7-11-9;/h3*1-3,5-7H;/q3*-1;+3. The van der Waals surface area contributed by atoms with Crippen molar-refractivity contribution < 1.29 is 20.1 Å². The molecule has 0 amide bonds. The van der Waals surface area contributed by atoms with Crippen LogP contribution in [0.25, 0.3) is 31.7 Å². The van der Waals surface area contributed by atoms with Crippen LogP contribution in [0, 0.1) is 18.2 Å². The van der Waals surface area contributed by atoms with Crippen molar-refractivity contribution in [1.29, 1.82) is 0 Å². The molecular formula is C27H18IrN3S3. The van der Waals surface area contributed by atoms with Gasteiger partial charge in [0.2, 0.25) is 0 Å². The molecule has 0 radical (unpaired) electrons. The Morgan fingerprint density at radius 2 is 0.794 bits per heavy atom. The second-order valence-corrected chi connectivity index (χ2v) is 9.17. The van der Waals surface area contributed by atoms with Crippen LogP contribution >= 0.6 is 34.0 Å². The van der Waals surface area contributed by atoms with Gasteiger partial charge in [0.1, 0.15) is 0 Å². The fourth-order valence-electron chi connectivity index (χ4n) is 2.62. The van der Waals surface area contributed by atoms with Crippen molar-refractivity contribution in [2.45, 2.75) is 0 Å². The average Bonchev–Trinajstić information content (AvgIpc) is 3.70. The summed E-state index contributed by atoms with van der Waals surface area (Å²) in [6.45, 7) is 0. The zero-order valence-corrected chi connectivity index (χ0v) is 22.6. The number of nitrogens with zero attached hydrogens (tertiary/aromatic N) is 3.